The van der Waals surface area contributed by atoms with Gasteiger partial charge in [0, 0.05) is 11.4 Å². The molecule has 3 rings (SSSR count). The van der Waals surface area contributed by atoms with Gasteiger partial charge >= 0.3 is 0 Å². The van der Waals surface area contributed by atoms with E-state index in [4.69, 9.17) is 17.0 Å². The molecule has 0 bridgehead atoms. The van der Waals surface area contributed by atoms with E-state index in [1.165, 1.54) is 0 Å². The highest BCUT2D eigenvalue weighted by atomic mass is 32.1. The van der Waals surface area contributed by atoms with Gasteiger partial charge in [-0.1, -0.05) is 36.9 Å². The molecule has 6 heteroatoms. The average molecular weight is 353 g/mol. The molecule has 1 amide bonds. The molecule has 1 fully saturated rings. The molecule has 2 aromatic carbocycles. The lowest BCUT2D eigenvalue weighted by Crippen LogP contribution is -2.51. The zero-order valence-electron chi connectivity index (χ0n) is 13.8. The van der Waals surface area contributed by atoms with Crippen molar-refractivity contribution in [3.63, 3.8) is 0 Å². The summed E-state index contributed by atoms with van der Waals surface area (Å²) in [6.45, 7) is 3.99. The second kappa shape index (κ2) is 7.36. The summed E-state index contributed by atoms with van der Waals surface area (Å²) < 4.78 is 5.13. The quantitative estimate of drug-likeness (QED) is 0.738. The number of nitrogens with one attached hydrogen (secondary N) is 3. The van der Waals surface area contributed by atoms with Gasteiger partial charge in [-0.25, -0.2) is 0 Å². The molecular formula is C19H19N3O2S. The molecule has 5 nitrogen and oxygen atoms in total. The largest absolute Gasteiger partial charge is 0.497 e. The van der Waals surface area contributed by atoms with Crippen LogP contribution in [0.4, 0.5) is 5.69 Å². The fraction of sp³-hybridized carbons (Fsp3) is 0.158. The number of anilines is 1. The third-order valence-electron chi connectivity index (χ3n) is 4.07. The summed E-state index contributed by atoms with van der Waals surface area (Å²) >= 11 is 5.23. The van der Waals surface area contributed by atoms with E-state index in [2.05, 4.69) is 22.5 Å². The average Bonchev–Trinajstić information content (AvgIpc) is 2.62. The van der Waals surface area contributed by atoms with Gasteiger partial charge in [-0.05, 0) is 42.0 Å². The molecule has 2 atom stereocenters. The Bertz CT molecular complexity index is 790. The minimum atomic E-state index is -0.504. The summed E-state index contributed by atoms with van der Waals surface area (Å²) in [6.07, 6.45) is 0. The number of ether oxygens (including phenoxy) is 1. The highest BCUT2D eigenvalue weighted by Gasteiger charge is 2.36. The Morgan fingerprint density at radius 1 is 1.16 bits per heavy atom. The lowest BCUT2D eigenvalue weighted by atomic mass is 9.88. The van der Waals surface area contributed by atoms with Crippen LogP contribution in [-0.4, -0.2) is 18.1 Å². The first-order valence-electron chi connectivity index (χ1n) is 7.84. The molecular weight excluding hydrogens is 334 g/mol. The van der Waals surface area contributed by atoms with Gasteiger partial charge in [0.2, 0.25) is 5.91 Å². The molecule has 1 aliphatic heterocycles. The van der Waals surface area contributed by atoms with Crippen molar-refractivity contribution in [3.05, 3.63) is 72.4 Å². The summed E-state index contributed by atoms with van der Waals surface area (Å²) in [6, 6.07) is 16.6. The van der Waals surface area contributed by atoms with E-state index >= 15 is 0 Å². The molecule has 128 valence electrons. The van der Waals surface area contributed by atoms with Crippen molar-refractivity contribution in [1.82, 2.24) is 10.6 Å². The molecule has 0 saturated carbocycles. The van der Waals surface area contributed by atoms with Crippen molar-refractivity contribution in [2.24, 2.45) is 5.92 Å². The number of carbonyl (C=O) groups excluding carboxylic acids is 1. The fourth-order valence-corrected chi connectivity index (χ4v) is 3.08. The van der Waals surface area contributed by atoms with Crippen molar-refractivity contribution in [2.75, 3.05) is 12.4 Å². The Morgan fingerprint density at radius 3 is 2.48 bits per heavy atom. The number of carbonyl (C=O) groups is 1. The van der Waals surface area contributed by atoms with Crippen molar-refractivity contribution >= 4 is 28.9 Å². The molecule has 0 aliphatic carbocycles. The van der Waals surface area contributed by atoms with Crippen LogP contribution in [-0.2, 0) is 4.79 Å². The summed E-state index contributed by atoms with van der Waals surface area (Å²) in [5, 5.41) is 9.53. The third-order valence-corrected chi connectivity index (χ3v) is 4.29. The molecule has 3 N–H and O–H groups in total. The number of rotatable bonds is 4. The monoisotopic (exact) mass is 353 g/mol. The predicted octanol–water partition coefficient (Wildman–Crippen LogP) is 2.98. The smallest absolute Gasteiger partial charge is 0.235 e. The van der Waals surface area contributed by atoms with Crippen molar-refractivity contribution in [1.29, 1.82) is 0 Å². The first-order valence-corrected chi connectivity index (χ1v) is 8.25. The Labute approximate surface area is 152 Å². The van der Waals surface area contributed by atoms with Crippen LogP contribution in [0.15, 0.2) is 66.9 Å². The van der Waals surface area contributed by atoms with Crippen LogP contribution in [0.25, 0.3) is 0 Å². The summed E-state index contributed by atoms with van der Waals surface area (Å²) in [5.74, 6) is 0.0682. The molecule has 1 saturated heterocycles. The molecule has 2 unspecified atom stereocenters. The normalized spacial score (nSPS) is 19.6. The van der Waals surface area contributed by atoms with Crippen molar-refractivity contribution in [2.45, 2.75) is 6.04 Å². The Balaban J connectivity index is 1.84. The number of thiocarbonyl (C=S) groups is 1. The first-order chi connectivity index (χ1) is 12.1. The second-order valence-electron chi connectivity index (χ2n) is 5.71. The second-order valence-corrected chi connectivity index (χ2v) is 6.12. The van der Waals surface area contributed by atoms with Crippen LogP contribution in [0.3, 0.4) is 0 Å². The van der Waals surface area contributed by atoms with Crippen LogP contribution < -0.4 is 20.7 Å². The molecule has 0 radical (unpaired) electrons. The summed E-state index contributed by atoms with van der Waals surface area (Å²) in [4.78, 5) is 12.9. The number of benzene rings is 2. The van der Waals surface area contributed by atoms with Gasteiger partial charge in [0.1, 0.15) is 11.7 Å². The maximum atomic E-state index is 12.9. The number of hydrogen-bond donors (Lipinski definition) is 3. The number of hydrogen-bond acceptors (Lipinski definition) is 3. The minimum absolute atomic E-state index is 0.161. The molecule has 1 heterocycles. The van der Waals surface area contributed by atoms with Crippen LogP contribution in [0.5, 0.6) is 5.75 Å². The highest BCUT2D eigenvalue weighted by molar-refractivity contribution is 7.80. The third kappa shape index (κ3) is 3.80. The predicted molar refractivity (Wildman–Crippen MR) is 102 cm³/mol. The van der Waals surface area contributed by atoms with E-state index in [1.54, 1.807) is 31.4 Å². The molecule has 2 aromatic rings. The number of methoxy groups -OCH3 is 1. The van der Waals surface area contributed by atoms with Crippen molar-refractivity contribution < 1.29 is 9.53 Å². The Kier molecular flexibility index (Phi) is 5.00. The van der Waals surface area contributed by atoms with Crippen LogP contribution in [0, 0.1) is 5.92 Å². The molecule has 0 spiro atoms. The van der Waals surface area contributed by atoms with Crippen LogP contribution in [0.2, 0.25) is 0 Å². The van der Waals surface area contributed by atoms with E-state index in [0.717, 1.165) is 11.3 Å². The first kappa shape index (κ1) is 17.0. The lowest BCUT2D eigenvalue weighted by Gasteiger charge is -2.35. The van der Waals surface area contributed by atoms with Gasteiger partial charge in [0.25, 0.3) is 0 Å². The lowest BCUT2D eigenvalue weighted by molar-refractivity contribution is -0.119. The highest BCUT2D eigenvalue weighted by Crippen LogP contribution is 2.30. The summed E-state index contributed by atoms with van der Waals surface area (Å²) in [5.41, 5.74) is 2.24. The van der Waals surface area contributed by atoms with Gasteiger partial charge in [0.15, 0.2) is 5.11 Å². The minimum Gasteiger partial charge on any atom is -0.497 e. The Morgan fingerprint density at radius 2 is 1.84 bits per heavy atom. The van der Waals surface area contributed by atoms with E-state index < -0.39 is 5.92 Å². The standard InChI is InChI=1S/C19H19N3O2S/c1-12-16(18(23)21-14-8-10-15(24-2)11-9-14)17(22-19(25)20-12)13-6-4-3-5-7-13/h3-11,16-17H,1H2,2H3,(H,21,23)(H2,20,22,25). The van der Waals surface area contributed by atoms with Gasteiger partial charge in [0.05, 0.1) is 13.2 Å². The van der Waals surface area contributed by atoms with Crippen LogP contribution in [0.1, 0.15) is 11.6 Å². The van der Waals surface area contributed by atoms with Gasteiger partial charge in [-0.3, -0.25) is 4.79 Å². The SMILES string of the molecule is C=C1NC(=S)NC(c2ccccc2)C1C(=O)Nc1ccc(OC)cc1. The van der Waals surface area contributed by atoms with E-state index in [0.29, 0.717) is 16.5 Å². The van der Waals surface area contributed by atoms with Crippen LogP contribution >= 0.6 is 12.2 Å². The zero-order chi connectivity index (χ0) is 17.8. The van der Waals surface area contributed by atoms with E-state index in [9.17, 15) is 4.79 Å². The molecule has 0 aromatic heterocycles. The van der Waals surface area contributed by atoms with Gasteiger partial charge in [-0.2, -0.15) is 0 Å². The number of amides is 1. The fourth-order valence-electron chi connectivity index (χ4n) is 2.83. The van der Waals surface area contributed by atoms with E-state index in [-0.39, 0.29) is 11.9 Å². The summed E-state index contributed by atoms with van der Waals surface area (Å²) in [7, 11) is 1.60. The van der Waals surface area contributed by atoms with Gasteiger partial charge < -0.3 is 20.7 Å². The molecule has 1 aliphatic rings. The Hall–Kier alpha value is -2.86. The van der Waals surface area contributed by atoms with E-state index in [1.807, 2.05) is 30.3 Å². The molecule has 25 heavy (non-hydrogen) atoms. The van der Waals surface area contributed by atoms with Crippen molar-refractivity contribution in [3.8, 4) is 5.75 Å². The topological polar surface area (TPSA) is 62.4 Å². The maximum Gasteiger partial charge on any atom is 0.235 e. The van der Waals surface area contributed by atoms with Gasteiger partial charge in [-0.15, -0.1) is 0 Å². The maximum absolute atomic E-state index is 12.9. The zero-order valence-corrected chi connectivity index (χ0v) is 14.6.